The number of nitrogens with zero attached hydrogens (tertiary/aromatic N) is 1. The molecule has 0 aliphatic carbocycles. The number of urea groups is 1. The lowest BCUT2D eigenvalue weighted by Crippen LogP contribution is -2.47. The summed E-state index contributed by atoms with van der Waals surface area (Å²) in [4.78, 5) is 24.2. The van der Waals surface area contributed by atoms with Crippen LogP contribution in [0.25, 0.3) is 0 Å². The molecule has 0 bridgehead atoms. The molecule has 20 heavy (non-hydrogen) atoms. The van der Waals surface area contributed by atoms with E-state index in [1.807, 2.05) is 19.1 Å². The van der Waals surface area contributed by atoms with Crippen LogP contribution < -0.4 is 10.2 Å². The van der Waals surface area contributed by atoms with Crippen molar-refractivity contribution in [2.45, 2.75) is 25.8 Å². The molecule has 0 aromatic heterocycles. The molecule has 3 N–H and O–H groups in total. The molecule has 1 rings (SSSR count). The second-order valence-electron chi connectivity index (χ2n) is 4.43. The summed E-state index contributed by atoms with van der Waals surface area (Å²) in [5, 5.41) is 20.1. The van der Waals surface area contributed by atoms with Crippen LogP contribution in [0.3, 0.4) is 0 Å². The number of hydrogen-bond donors (Lipinski definition) is 3. The van der Waals surface area contributed by atoms with Crippen LogP contribution in [0.5, 0.6) is 0 Å². The van der Waals surface area contributed by atoms with E-state index in [0.717, 1.165) is 12.0 Å². The zero-order valence-electron chi connectivity index (χ0n) is 11.7. The number of hydrogen-bond acceptors (Lipinski definition) is 3. The number of aliphatic carboxylic acids is 1. The number of carbonyl (C=O) groups is 2. The lowest BCUT2D eigenvalue weighted by molar-refractivity contribution is -0.139. The first-order chi connectivity index (χ1) is 9.49. The summed E-state index contributed by atoms with van der Waals surface area (Å²) < 4.78 is 0. The summed E-state index contributed by atoms with van der Waals surface area (Å²) in [6.45, 7) is 1.74. The molecule has 1 aromatic rings. The summed E-state index contributed by atoms with van der Waals surface area (Å²) in [5.74, 6) is -1.16. The molecule has 0 heterocycles. The van der Waals surface area contributed by atoms with E-state index >= 15 is 0 Å². The lowest BCUT2D eigenvalue weighted by Gasteiger charge is -2.21. The molecule has 1 atom stereocenters. The van der Waals surface area contributed by atoms with Crippen molar-refractivity contribution in [2.75, 3.05) is 18.6 Å². The highest BCUT2D eigenvalue weighted by Crippen LogP contribution is 2.14. The topological polar surface area (TPSA) is 89.9 Å². The maximum absolute atomic E-state index is 12.0. The first-order valence-corrected chi connectivity index (χ1v) is 6.46. The summed E-state index contributed by atoms with van der Waals surface area (Å²) in [5.41, 5.74) is 1.83. The van der Waals surface area contributed by atoms with Gasteiger partial charge in [0.05, 0.1) is 0 Å². The van der Waals surface area contributed by atoms with Crippen LogP contribution in [0.1, 0.15) is 18.9 Å². The van der Waals surface area contributed by atoms with Gasteiger partial charge >= 0.3 is 12.0 Å². The van der Waals surface area contributed by atoms with E-state index in [-0.39, 0.29) is 13.0 Å². The number of nitrogens with one attached hydrogen (secondary N) is 1. The first-order valence-electron chi connectivity index (χ1n) is 6.46. The molecule has 0 unspecified atom stereocenters. The molecule has 0 aliphatic heterocycles. The van der Waals surface area contributed by atoms with Crippen molar-refractivity contribution >= 4 is 17.7 Å². The van der Waals surface area contributed by atoms with E-state index < -0.39 is 18.0 Å². The van der Waals surface area contributed by atoms with Crippen molar-refractivity contribution < 1.29 is 19.8 Å². The highest BCUT2D eigenvalue weighted by atomic mass is 16.4. The second kappa shape index (κ2) is 7.49. The SMILES string of the molecule is CCc1ccc(N(C)C(=O)N[C@@H](CCO)C(=O)O)cc1. The van der Waals surface area contributed by atoms with Crippen molar-refractivity contribution in [3.63, 3.8) is 0 Å². The number of aliphatic hydroxyl groups excluding tert-OH is 1. The minimum Gasteiger partial charge on any atom is -0.480 e. The molecular weight excluding hydrogens is 260 g/mol. The number of benzene rings is 1. The summed E-state index contributed by atoms with van der Waals surface area (Å²) in [7, 11) is 1.56. The smallest absolute Gasteiger partial charge is 0.326 e. The fourth-order valence-electron chi connectivity index (χ4n) is 1.70. The molecular formula is C14H20N2O4. The quantitative estimate of drug-likeness (QED) is 0.731. The Labute approximate surface area is 118 Å². The number of anilines is 1. The second-order valence-corrected chi connectivity index (χ2v) is 4.43. The third-order valence-electron chi connectivity index (χ3n) is 3.05. The van der Waals surface area contributed by atoms with Gasteiger partial charge in [-0.1, -0.05) is 19.1 Å². The lowest BCUT2D eigenvalue weighted by atomic mass is 10.1. The molecule has 0 fully saturated rings. The van der Waals surface area contributed by atoms with E-state index in [1.54, 1.807) is 19.2 Å². The monoisotopic (exact) mass is 280 g/mol. The predicted molar refractivity (Wildman–Crippen MR) is 75.9 cm³/mol. The van der Waals surface area contributed by atoms with E-state index in [0.29, 0.717) is 5.69 Å². The maximum Gasteiger partial charge on any atom is 0.326 e. The Bertz CT molecular complexity index is 459. The molecule has 6 heteroatoms. The Hall–Kier alpha value is -2.08. The average molecular weight is 280 g/mol. The van der Waals surface area contributed by atoms with Crippen LogP contribution in [0, 0.1) is 0 Å². The molecule has 1 aromatic carbocycles. The van der Waals surface area contributed by atoms with E-state index in [1.165, 1.54) is 4.90 Å². The van der Waals surface area contributed by atoms with Crippen LogP contribution in [0.15, 0.2) is 24.3 Å². The van der Waals surface area contributed by atoms with Gasteiger partial charge in [-0.2, -0.15) is 0 Å². The maximum atomic E-state index is 12.0. The number of amides is 2. The zero-order valence-corrected chi connectivity index (χ0v) is 11.7. The van der Waals surface area contributed by atoms with Crippen LogP contribution in [0.4, 0.5) is 10.5 Å². The van der Waals surface area contributed by atoms with Gasteiger partial charge in [0.15, 0.2) is 0 Å². The predicted octanol–water partition coefficient (Wildman–Crippen LogP) is 1.23. The van der Waals surface area contributed by atoms with E-state index in [4.69, 9.17) is 10.2 Å². The zero-order chi connectivity index (χ0) is 15.1. The number of aryl methyl sites for hydroxylation is 1. The van der Waals surface area contributed by atoms with Gasteiger partial charge in [-0.3, -0.25) is 4.90 Å². The van der Waals surface area contributed by atoms with Crippen molar-refractivity contribution in [3.05, 3.63) is 29.8 Å². The molecule has 6 nitrogen and oxygen atoms in total. The van der Waals surface area contributed by atoms with Gasteiger partial charge < -0.3 is 15.5 Å². The fourth-order valence-corrected chi connectivity index (χ4v) is 1.70. The van der Waals surface area contributed by atoms with Gasteiger partial charge in [0.25, 0.3) is 0 Å². The van der Waals surface area contributed by atoms with E-state index in [2.05, 4.69) is 5.32 Å². The van der Waals surface area contributed by atoms with Crippen molar-refractivity contribution in [2.24, 2.45) is 0 Å². The molecule has 0 aliphatic rings. The average Bonchev–Trinajstić information content (AvgIpc) is 2.45. The minimum absolute atomic E-state index is 0.0241. The Kier molecular flexibility index (Phi) is 5.99. The normalized spacial score (nSPS) is 11.8. The fraction of sp³-hybridized carbons (Fsp3) is 0.429. The molecule has 0 spiro atoms. The van der Waals surface area contributed by atoms with Crippen LogP contribution in [-0.4, -0.2) is 41.9 Å². The summed E-state index contributed by atoms with van der Waals surface area (Å²) >= 11 is 0. The highest BCUT2D eigenvalue weighted by molar-refractivity contribution is 5.93. The van der Waals surface area contributed by atoms with E-state index in [9.17, 15) is 9.59 Å². The molecule has 0 radical (unpaired) electrons. The Balaban J connectivity index is 2.71. The summed E-state index contributed by atoms with van der Waals surface area (Å²) in [6.07, 6.45) is 0.886. The highest BCUT2D eigenvalue weighted by Gasteiger charge is 2.21. The largest absolute Gasteiger partial charge is 0.480 e. The third kappa shape index (κ3) is 4.24. The van der Waals surface area contributed by atoms with Gasteiger partial charge in [-0.15, -0.1) is 0 Å². The number of carboxylic acids is 1. The standard InChI is InChI=1S/C14H20N2O4/c1-3-10-4-6-11(7-5-10)16(2)14(20)15-12(8-9-17)13(18)19/h4-7,12,17H,3,8-9H2,1-2H3,(H,15,20)(H,18,19)/t12-/m0/s1. The number of aliphatic hydroxyl groups is 1. The molecule has 110 valence electrons. The van der Waals surface area contributed by atoms with Gasteiger partial charge in [0.2, 0.25) is 0 Å². The number of carbonyl (C=O) groups excluding carboxylic acids is 1. The van der Waals surface area contributed by atoms with Gasteiger partial charge in [0.1, 0.15) is 6.04 Å². The van der Waals surface area contributed by atoms with Gasteiger partial charge in [-0.25, -0.2) is 9.59 Å². The number of rotatable bonds is 6. The minimum atomic E-state index is -1.16. The summed E-state index contributed by atoms with van der Waals surface area (Å²) in [6, 6.07) is 5.84. The first kappa shape index (κ1) is 16.0. The molecule has 2 amide bonds. The molecule has 0 saturated heterocycles. The van der Waals surface area contributed by atoms with Crippen LogP contribution >= 0.6 is 0 Å². The Morgan fingerprint density at radius 3 is 2.35 bits per heavy atom. The van der Waals surface area contributed by atoms with Gasteiger partial charge in [-0.05, 0) is 24.1 Å². The Morgan fingerprint density at radius 1 is 1.30 bits per heavy atom. The van der Waals surface area contributed by atoms with Crippen molar-refractivity contribution in [1.82, 2.24) is 5.32 Å². The third-order valence-corrected chi connectivity index (χ3v) is 3.05. The van der Waals surface area contributed by atoms with Crippen molar-refractivity contribution in [1.29, 1.82) is 0 Å². The van der Waals surface area contributed by atoms with Gasteiger partial charge in [0, 0.05) is 25.8 Å². The van der Waals surface area contributed by atoms with Crippen molar-refractivity contribution in [3.8, 4) is 0 Å². The molecule has 0 saturated carbocycles. The van der Waals surface area contributed by atoms with Crippen LogP contribution in [-0.2, 0) is 11.2 Å². The number of carboxylic acid groups (broad SMARTS) is 1. The van der Waals surface area contributed by atoms with Crippen LogP contribution in [0.2, 0.25) is 0 Å². The Morgan fingerprint density at radius 2 is 1.90 bits per heavy atom.